The Labute approximate surface area is 181 Å². The molecule has 2 amide bonds. The lowest BCUT2D eigenvalue weighted by Crippen LogP contribution is -2.41. The van der Waals surface area contributed by atoms with Crippen LogP contribution in [0.15, 0.2) is 29.4 Å². The predicted molar refractivity (Wildman–Crippen MR) is 117 cm³/mol. The van der Waals surface area contributed by atoms with E-state index in [1.54, 1.807) is 43.0 Å². The minimum absolute atomic E-state index is 0.0144. The molecule has 3 rings (SSSR count). The van der Waals surface area contributed by atoms with Crippen molar-refractivity contribution in [3.8, 4) is 5.75 Å². The molecule has 1 aliphatic rings. The third kappa shape index (κ3) is 5.98. The third-order valence-corrected chi connectivity index (χ3v) is 6.43. The lowest BCUT2D eigenvalue weighted by Gasteiger charge is -2.29. The zero-order valence-electron chi connectivity index (χ0n) is 17.7. The third-order valence-electron chi connectivity index (χ3n) is 5.41. The Bertz CT molecular complexity index is 868. The molecule has 1 saturated carbocycles. The van der Waals surface area contributed by atoms with Crippen LogP contribution >= 0.6 is 11.8 Å². The maximum Gasteiger partial charge on any atom is 0.232 e. The number of anilines is 1. The largest absolute Gasteiger partial charge is 0.497 e. The SMILES string of the molecule is COc1ccc(NC(=O)Cc2nnc(SCC(=O)N[C@H]3CCCC[C@@H]3C)n2C)cc1. The Morgan fingerprint density at radius 2 is 1.90 bits per heavy atom. The molecule has 0 bridgehead atoms. The molecule has 2 N–H and O–H groups in total. The average Bonchev–Trinajstić information content (AvgIpc) is 3.08. The second-order valence-corrected chi connectivity index (χ2v) is 8.58. The number of aromatic nitrogens is 3. The van der Waals surface area contributed by atoms with Crippen molar-refractivity contribution in [3.05, 3.63) is 30.1 Å². The van der Waals surface area contributed by atoms with Gasteiger partial charge in [0.2, 0.25) is 11.8 Å². The summed E-state index contributed by atoms with van der Waals surface area (Å²) in [5.41, 5.74) is 0.686. The highest BCUT2D eigenvalue weighted by atomic mass is 32.2. The van der Waals surface area contributed by atoms with Crippen LogP contribution in [0.4, 0.5) is 5.69 Å². The van der Waals surface area contributed by atoms with Crippen molar-refractivity contribution < 1.29 is 14.3 Å². The van der Waals surface area contributed by atoms with E-state index in [0.29, 0.717) is 22.6 Å². The molecule has 2 atom stereocenters. The van der Waals surface area contributed by atoms with Gasteiger partial charge in [0.05, 0.1) is 19.3 Å². The van der Waals surface area contributed by atoms with Crippen LogP contribution in [0.2, 0.25) is 0 Å². The van der Waals surface area contributed by atoms with Crippen molar-refractivity contribution >= 4 is 29.3 Å². The molecule has 8 nitrogen and oxygen atoms in total. The molecule has 1 heterocycles. The molecule has 0 unspecified atom stereocenters. The number of benzene rings is 1. The van der Waals surface area contributed by atoms with Gasteiger partial charge in [-0.1, -0.05) is 31.5 Å². The summed E-state index contributed by atoms with van der Waals surface area (Å²) in [5.74, 6) is 1.91. The molecule has 1 aliphatic carbocycles. The first-order valence-electron chi connectivity index (χ1n) is 10.2. The highest BCUT2D eigenvalue weighted by Crippen LogP contribution is 2.24. The van der Waals surface area contributed by atoms with Crippen LogP contribution in [-0.4, -0.2) is 45.5 Å². The van der Waals surface area contributed by atoms with Crippen LogP contribution in [0, 0.1) is 5.92 Å². The van der Waals surface area contributed by atoms with Gasteiger partial charge in [-0.2, -0.15) is 0 Å². The molecular weight excluding hydrogens is 402 g/mol. The van der Waals surface area contributed by atoms with E-state index in [1.165, 1.54) is 31.0 Å². The summed E-state index contributed by atoms with van der Waals surface area (Å²) < 4.78 is 6.87. The van der Waals surface area contributed by atoms with E-state index in [-0.39, 0.29) is 30.0 Å². The van der Waals surface area contributed by atoms with Crippen molar-refractivity contribution in [2.45, 2.75) is 50.2 Å². The van der Waals surface area contributed by atoms with Gasteiger partial charge >= 0.3 is 0 Å². The fourth-order valence-electron chi connectivity index (χ4n) is 3.56. The molecule has 0 spiro atoms. The molecule has 1 aromatic carbocycles. The van der Waals surface area contributed by atoms with Crippen molar-refractivity contribution in [2.24, 2.45) is 13.0 Å². The summed E-state index contributed by atoms with van der Waals surface area (Å²) in [6, 6.07) is 7.39. The van der Waals surface area contributed by atoms with E-state index in [9.17, 15) is 9.59 Å². The molecule has 1 fully saturated rings. The molecule has 0 saturated heterocycles. The van der Waals surface area contributed by atoms with Gasteiger partial charge in [-0.05, 0) is 43.0 Å². The minimum atomic E-state index is -0.184. The molecular formula is C21H29N5O3S. The van der Waals surface area contributed by atoms with Crippen LogP contribution < -0.4 is 15.4 Å². The number of hydrogen-bond acceptors (Lipinski definition) is 6. The van der Waals surface area contributed by atoms with Crippen molar-refractivity contribution in [3.63, 3.8) is 0 Å². The summed E-state index contributed by atoms with van der Waals surface area (Å²) in [5, 5.41) is 14.8. The van der Waals surface area contributed by atoms with E-state index < -0.39 is 0 Å². The monoisotopic (exact) mass is 431 g/mol. The summed E-state index contributed by atoms with van der Waals surface area (Å²) in [4.78, 5) is 24.6. The number of ether oxygens (including phenoxy) is 1. The Morgan fingerprint density at radius 3 is 2.60 bits per heavy atom. The zero-order chi connectivity index (χ0) is 21.5. The quantitative estimate of drug-likeness (QED) is 0.624. The fraction of sp³-hybridized carbons (Fsp3) is 0.524. The van der Waals surface area contributed by atoms with E-state index in [1.807, 2.05) is 0 Å². The van der Waals surface area contributed by atoms with E-state index in [4.69, 9.17) is 4.74 Å². The minimum Gasteiger partial charge on any atom is -0.497 e. The van der Waals surface area contributed by atoms with E-state index in [0.717, 1.165) is 12.2 Å². The number of carbonyl (C=O) groups excluding carboxylic acids is 2. The van der Waals surface area contributed by atoms with Gasteiger partial charge in [0.1, 0.15) is 11.6 Å². The normalized spacial score (nSPS) is 18.6. The summed E-state index contributed by atoms with van der Waals surface area (Å²) in [6.07, 6.45) is 4.74. The van der Waals surface area contributed by atoms with Gasteiger partial charge in [-0.25, -0.2) is 0 Å². The van der Waals surface area contributed by atoms with Gasteiger partial charge in [-0.3, -0.25) is 9.59 Å². The van der Waals surface area contributed by atoms with Gasteiger partial charge in [0, 0.05) is 18.8 Å². The van der Waals surface area contributed by atoms with Gasteiger partial charge < -0.3 is 19.9 Å². The summed E-state index contributed by atoms with van der Waals surface area (Å²) >= 11 is 1.33. The van der Waals surface area contributed by atoms with Crippen molar-refractivity contribution in [1.82, 2.24) is 20.1 Å². The Balaban J connectivity index is 1.48. The maximum atomic E-state index is 12.3. The second kappa shape index (κ2) is 10.5. The lowest BCUT2D eigenvalue weighted by atomic mass is 9.86. The predicted octanol–water partition coefficient (Wildman–Crippen LogP) is 2.79. The number of amides is 2. The van der Waals surface area contributed by atoms with Gasteiger partial charge in [0.15, 0.2) is 5.16 Å². The number of thioether (sulfide) groups is 1. The van der Waals surface area contributed by atoms with E-state index in [2.05, 4.69) is 27.8 Å². The molecule has 162 valence electrons. The highest BCUT2D eigenvalue weighted by molar-refractivity contribution is 7.99. The zero-order valence-corrected chi connectivity index (χ0v) is 18.5. The maximum absolute atomic E-state index is 12.3. The van der Waals surface area contributed by atoms with Crippen LogP contribution in [0.1, 0.15) is 38.4 Å². The Hall–Kier alpha value is -2.55. The topological polar surface area (TPSA) is 98.1 Å². The molecule has 0 radical (unpaired) electrons. The Kier molecular flexibility index (Phi) is 7.73. The first kappa shape index (κ1) is 22.1. The molecule has 1 aromatic heterocycles. The second-order valence-electron chi connectivity index (χ2n) is 7.64. The first-order chi connectivity index (χ1) is 14.5. The lowest BCUT2D eigenvalue weighted by molar-refractivity contribution is -0.120. The van der Waals surface area contributed by atoms with Crippen LogP contribution in [0.25, 0.3) is 0 Å². The summed E-state index contributed by atoms with van der Waals surface area (Å²) in [6.45, 7) is 2.20. The fourth-order valence-corrected chi connectivity index (χ4v) is 4.30. The number of rotatable bonds is 8. The molecule has 9 heteroatoms. The first-order valence-corrected chi connectivity index (χ1v) is 11.2. The molecule has 0 aliphatic heterocycles. The van der Waals surface area contributed by atoms with Gasteiger partial charge in [-0.15, -0.1) is 10.2 Å². The van der Waals surface area contributed by atoms with Crippen LogP contribution in [0.3, 0.4) is 0 Å². The van der Waals surface area contributed by atoms with Crippen molar-refractivity contribution in [2.75, 3.05) is 18.2 Å². The number of nitrogens with one attached hydrogen (secondary N) is 2. The van der Waals surface area contributed by atoms with Crippen LogP contribution in [0.5, 0.6) is 5.75 Å². The number of nitrogens with zero attached hydrogens (tertiary/aromatic N) is 3. The summed E-state index contributed by atoms with van der Waals surface area (Å²) in [7, 11) is 3.40. The molecule has 2 aromatic rings. The number of carbonyl (C=O) groups is 2. The van der Waals surface area contributed by atoms with Crippen LogP contribution in [-0.2, 0) is 23.1 Å². The molecule has 30 heavy (non-hydrogen) atoms. The number of methoxy groups -OCH3 is 1. The van der Waals surface area contributed by atoms with E-state index >= 15 is 0 Å². The average molecular weight is 432 g/mol. The Morgan fingerprint density at radius 1 is 1.17 bits per heavy atom. The van der Waals surface area contributed by atoms with Crippen molar-refractivity contribution in [1.29, 1.82) is 0 Å². The number of hydrogen-bond donors (Lipinski definition) is 2. The standard InChI is InChI=1S/C21H29N5O3S/c1-14-6-4-5-7-17(14)23-20(28)13-30-21-25-24-18(26(21)2)12-19(27)22-15-8-10-16(29-3)11-9-15/h8-11,14,17H,4-7,12-13H2,1-3H3,(H,22,27)(H,23,28)/t14-,17-/m0/s1. The van der Waals surface area contributed by atoms with Gasteiger partial charge in [0.25, 0.3) is 0 Å². The highest BCUT2D eigenvalue weighted by Gasteiger charge is 2.23. The smallest absolute Gasteiger partial charge is 0.232 e.